The molecule has 2 atom stereocenters. The maximum absolute atomic E-state index is 12.1. The van der Waals surface area contributed by atoms with Crippen molar-refractivity contribution in [2.45, 2.75) is 23.5 Å². The predicted molar refractivity (Wildman–Crippen MR) is 81.8 cm³/mol. The molecule has 1 aliphatic carbocycles. The largest absolute Gasteiger partial charge is 0.251 e. The van der Waals surface area contributed by atoms with Crippen molar-refractivity contribution in [1.82, 2.24) is 4.72 Å². The molecule has 2 rings (SSSR count). The Balaban J connectivity index is 2.00. The molecule has 18 heavy (non-hydrogen) atoms. The van der Waals surface area contributed by atoms with Crippen molar-refractivity contribution in [3.05, 3.63) is 15.9 Å². The minimum absolute atomic E-state index is 0.371. The molecule has 7 heteroatoms. The predicted octanol–water partition coefficient (Wildman–Crippen LogP) is 3.60. The van der Waals surface area contributed by atoms with Gasteiger partial charge in [0.05, 0.1) is 0 Å². The molecule has 1 aliphatic rings. The van der Waals surface area contributed by atoms with Gasteiger partial charge < -0.3 is 0 Å². The second kappa shape index (κ2) is 6.35. The number of alkyl halides is 1. The summed E-state index contributed by atoms with van der Waals surface area (Å²) in [6.07, 6.45) is 3.51. The molecule has 3 nitrogen and oxygen atoms in total. The zero-order valence-corrected chi connectivity index (χ0v) is 14.5. The topological polar surface area (TPSA) is 46.2 Å². The van der Waals surface area contributed by atoms with E-state index in [1.54, 1.807) is 11.4 Å². The minimum Gasteiger partial charge on any atom is -0.210 e. The van der Waals surface area contributed by atoms with Crippen LogP contribution in [-0.2, 0) is 10.0 Å². The van der Waals surface area contributed by atoms with E-state index in [1.165, 1.54) is 24.2 Å². The first kappa shape index (κ1) is 15.0. The van der Waals surface area contributed by atoms with Crippen molar-refractivity contribution in [3.63, 3.8) is 0 Å². The molecule has 1 heterocycles. The number of nitrogens with one attached hydrogen (secondary N) is 1. The van der Waals surface area contributed by atoms with Gasteiger partial charge in [0.2, 0.25) is 0 Å². The summed E-state index contributed by atoms with van der Waals surface area (Å²) in [4.78, 5) is 0. The van der Waals surface area contributed by atoms with Gasteiger partial charge in [-0.15, -0.1) is 11.3 Å². The average molecular weight is 417 g/mol. The van der Waals surface area contributed by atoms with Gasteiger partial charge in [0.25, 0.3) is 10.0 Å². The van der Waals surface area contributed by atoms with Crippen molar-refractivity contribution < 1.29 is 8.42 Å². The van der Waals surface area contributed by atoms with Crippen molar-refractivity contribution in [2.75, 3.05) is 11.9 Å². The van der Waals surface area contributed by atoms with Gasteiger partial charge in [-0.2, -0.15) is 0 Å². The first-order valence-corrected chi connectivity index (χ1v) is 10.1. The fourth-order valence-electron chi connectivity index (χ4n) is 2.34. The molecule has 2 unspecified atom stereocenters. The Morgan fingerprint density at radius 2 is 2.11 bits per heavy atom. The lowest BCUT2D eigenvalue weighted by Crippen LogP contribution is -2.31. The Bertz CT molecular complexity index is 501. The maximum Gasteiger partial charge on any atom is 0.251 e. The van der Waals surface area contributed by atoms with Crippen LogP contribution in [0.2, 0.25) is 0 Å². The Morgan fingerprint density at radius 1 is 1.39 bits per heavy atom. The highest BCUT2D eigenvalue weighted by atomic mass is 79.9. The third-order valence-electron chi connectivity index (χ3n) is 3.38. The van der Waals surface area contributed by atoms with Crippen LogP contribution in [0.1, 0.15) is 19.3 Å². The monoisotopic (exact) mass is 415 g/mol. The third-order valence-corrected chi connectivity index (χ3v) is 8.30. The van der Waals surface area contributed by atoms with Crippen LogP contribution in [0.25, 0.3) is 0 Å². The van der Waals surface area contributed by atoms with Crippen molar-refractivity contribution in [2.24, 2.45) is 11.8 Å². The van der Waals surface area contributed by atoms with E-state index in [4.69, 9.17) is 0 Å². The van der Waals surface area contributed by atoms with Crippen molar-refractivity contribution in [3.8, 4) is 0 Å². The fourth-order valence-corrected chi connectivity index (χ4v) is 6.67. The van der Waals surface area contributed by atoms with Crippen molar-refractivity contribution >= 4 is 53.2 Å². The molecule has 1 saturated carbocycles. The standard InChI is InChI=1S/C11H15Br2NO2S2/c12-6-8-2-1-3-9(8)7-14-18(15,16)11-10(13)4-5-17-11/h4-5,8-9,14H,1-3,6-7H2. The summed E-state index contributed by atoms with van der Waals surface area (Å²) >= 11 is 8.01. The highest BCUT2D eigenvalue weighted by Crippen LogP contribution is 2.33. The van der Waals surface area contributed by atoms with E-state index in [9.17, 15) is 8.42 Å². The minimum atomic E-state index is -3.36. The van der Waals surface area contributed by atoms with Crippen LogP contribution in [0.4, 0.5) is 0 Å². The lowest BCUT2D eigenvalue weighted by atomic mass is 9.99. The number of hydrogen-bond acceptors (Lipinski definition) is 3. The number of hydrogen-bond donors (Lipinski definition) is 1. The van der Waals surface area contributed by atoms with Crippen LogP contribution in [0, 0.1) is 11.8 Å². The van der Waals surface area contributed by atoms with E-state index in [2.05, 4.69) is 36.6 Å². The zero-order valence-electron chi connectivity index (χ0n) is 9.73. The lowest BCUT2D eigenvalue weighted by molar-refractivity contribution is 0.422. The molecule has 0 aromatic carbocycles. The highest BCUT2D eigenvalue weighted by molar-refractivity contribution is 9.10. The van der Waals surface area contributed by atoms with Crippen LogP contribution < -0.4 is 4.72 Å². The van der Waals surface area contributed by atoms with Gasteiger partial charge in [0, 0.05) is 16.3 Å². The Kier molecular flexibility index (Phi) is 5.28. The van der Waals surface area contributed by atoms with Crippen LogP contribution >= 0.6 is 43.2 Å². The van der Waals surface area contributed by atoms with Gasteiger partial charge in [0.1, 0.15) is 4.21 Å². The summed E-state index contributed by atoms with van der Waals surface area (Å²) < 4.78 is 28.0. The van der Waals surface area contributed by atoms with Gasteiger partial charge >= 0.3 is 0 Å². The molecule has 1 N–H and O–H groups in total. The van der Waals surface area contributed by atoms with Gasteiger partial charge in [-0.3, -0.25) is 0 Å². The molecule has 0 radical (unpaired) electrons. The number of rotatable bonds is 5. The number of sulfonamides is 1. The van der Waals surface area contributed by atoms with E-state index in [0.29, 0.717) is 27.1 Å². The van der Waals surface area contributed by atoms with Crippen LogP contribution in [0.3, 0.4) is 0 Å². The van der Waals surface area contributed by atoms with Crippen LogP contribution in [0.5, 0.6) is 0 Å². The average Bonchev–Trinajstić information content (AvgIpc) is 2.94. The highest BCUT2D eigenvalue weighted by Gasteiger charge is 2.28. The zero-order chi connectivity index (χ0) is 13.2. The second-order valence-electron chi connectivity index (χ2n) is 4.51. The normalized spacial score (nSPS) is 24.6. The smallest absolute Gasteiger partial charge is 0.210 e. The summed E-state index contributed by atoms with van der Waals surface area (Å²) in [6.45, 7) is 0.545. The molecule has 0 amide bonds. The number of halogens is 2. The number of thiophene rings is 1. The second-order valence-corrected chi connectivity index (χ2v) is 8.89. The first-order valence-electron chi connectivity index (χ1n) is 5.83. The third kappa shape index (κ3) is 3.36. The Labute approximate surface area is 129 Å². The summed E-state index contributed by atoms with van der Waals surface area (Å²) in [7, 11) is -3.36. The molecular weight excluding hydrogens is 402 g/mol. The van der Waals surface area contributed by atoms with Crippen molar-refractivity contribution in [1.29, 1.82) is 0 Å². The molecular formula is C11H15Br2NO2S2. The van der Waals surface area contributed by atoms with E-state index in [-0.39, 0.29) is 0 Å². The van der Waals surface area contributed by atoms with E-state index in [0.717, 1.165) is 11.8 Å². The van der Waals surface area contributed by atoms with E-state index in [1.807, 2.05) is 0 Å². The summed E-state index contributed by atoms with van der Waals surface area (Å²) in [5.74, 6) is 1.05. The van der Waals surface area contributed by atoms with Gasteiger partial charge in [-0.05, 0) is 52.1 Å². The van der Waals surface area contributed by atoms with Gasteiger partial charge in [-0.25, -0.2) is 13.1 Å². The van der Waals surface area contributed by atoms with Gasteiger partial charge in [-0.1, -0.05) is 22.4 Å². The molecule has 1 aromatic rings. The molecule has 1 fully saturated rings. The molecule has 0 bridgehead atoms. The summed E-state index contributed by atoms with van der Waals surface area (Å²) in [5, 5.41) is 2.73. The van der Waals surface area contributed by atoms with E-state index < -0.39 is 10.0 Å². The molecule has 0 spiro atoms. The Morgan fingerprint density at radius 3 is 2.72 bits per heavy atom. The van der Waals surface area contributed by atoms with E-state index >= 15 is 0 Å². The SMILES string of the molecule is O=S(=O)(NCC1CCCC1CBr)c1sccc1Br. The lowest BCUT2D eigenvalue weighted by Gasteiger charge is -2.17. The molecule has 0 aliphatic heterocycles. The van der Waals surface area contributed by atoms with Crippen LogP contribution in [0.15, 0.2) is 20.1 Å². The molecule has 0 saturated heterocycles. The quantitative estimate of drug-likeness (QED) is 0.745. The fraction of sp³-hybridized carbons (Fsp3) is 0.636. The maximum atomic E-state index is 12.1. The summed E-state index contributed by atoms with van der Waals surface area (Å²) in [6, 6.07) is 1.76. The molecule has 1 aromatic heterocycles. The molecule has 102 valence electrons. The first-order chi connectivity index (χ1) is 8.54. The summed E-state index contributed by atoms with van der Waals surface area (Å²) in [5.41, 5.74) is 0. The van der Waals surface area contributed by atoms with Crippen LogP contribution in [-0.4, -0.2) is 20.3 Å². The van der Waals surface area contributed by atoms with Gasteiger partial charge in [0.15, 0.2) is 0 Å². The Hall–Kier alpha value is 0.570.